The zero-order valence-electron chi connectivity index (χ0n) is 15.8. The monoisotopic (exact) mass is 373 g/mol. The van der Waals surface area contributed by atoms with Crippen LogP contribution < -0.4 is 5.32 Å². The van der Waals surface area contributed by atoms with E-state index in [9.17, 15) is 4.79 Å². The average Bonchev–Trinajstić information content (AvgIpc) is 3.27. The van der Waals surface area contributed by atoms with Gasteiger partial charge in [0.05, 0.1) is 5.69 Å². The van der Waals surface area contributed by atoms with Crippen LogP contribution in [-0.2, 0) is 4.79 Å². The number of hydrogen-bond acceptors (Lipinski definition) is 5. The van der Waals surface area contributed by atoms with E-state index < -0.39 is 0 Å². The van der Waals surface area contributed by atoms with Crippen molar-refractivity contribution in [2.24, 2.45) is 0 Å². The number of aromatic nitrogens is 6. The van der Waals surface area contributed by atoms with Gasteiger partial charge >= 0.3 is 0 Å². The highest BCUT2D eigenvalue weighted by atomic mass is 16.1. The number of nitrogens with one attached hydrogen (secondary N) is 1. The molecule has 1 amide bonds. The molecule has 1 aromatic carbocycles. The minimum atomic E-state index is -0.0320. The minimum Gasteiger partial charge on any atom is -0.310 e. The molecule has 0 spiro atoms. The van der Waals surface area contributed by atoms with Crippen molar-refractivity contribution in [3.63, 3.8) is 0 Å². The Balaban J connectivity index is 1.67. The summed E-state index contributed by atoms with van der Waals surface area (Å²) < 4.78 is 3.28. The molecule has 3 aromatic heterocycles. The molecule has 0 aliphatic carbocycles. The molecule has 4 aromatic rings. The van der Waals surface area contributed by atoms with Gasteiger partial charge in [-0.15, -0.1) is 15.3 Å². The fourth-order valence-corrected chi connectivity index (χ4v) is 3.81. The average molecular weight is 373 g/mol. The van der Waals surface area contributed by atoms with E-state index in [1.165, 1.54) is 17.5 Å². The van der Waals surface area contributed by atoms with Crippen molar-refractivity contribution in [3.05, 3.63) is 64.6 Å². The van der Waals surface area contributed by atoms with Crippen LogP contribution in [0.2, 0.25) is 0 Å². The van der Waals surface area contributed by atoms with Crippen LogP contribution in [0.1, 0.15) is 40.3 Å². The van der Waals surface area contributed by atoms with Crippen LogP contribution >= 0.6 is 0 Å². The number of aryl methyl sites for hydroxylation is 3. The second-order valence-electron chi connectivity index (χ2n) is 7.23. The Labute approximate surface area is 161 Å². The third kappa shape index (κ3) is 2.49. The van der Waals surface area contributed by atoms with Gasteiger partial charge in [0.2, 0.25) is 5.91 Å². The quantitative estimate of drug-likeness (QED) is 0.583. The summed E-state index contributed by atoms with van der Waals surface area (Å²) in [5.74, 6) is 1.22. The molecule has 1 N–H and O–H groups in total. The lowest BCUT2D eigenvalue weighted by molar-refractivity contribution is -0.116. The molecule has 1 aliphatic heterocycles. The fourth-order valence-electron chi connectivity index (χ4n) is 3.81. The van der Waals surface area contributed by atoms with Gasteiger partial charge in [0.25, 0.3) is 0 Å². The maximum Gasteiger partial charge on any atom is 0.226 e. The normalized spacial score (nSPS) is 16.2. The topological polar surface area (TPSA) is 90.0 Å². The number of amides is 1. The molecule has 0 radical (unpaired) electrons. The van der Waals surface area contributed by atoms with Crippen molar-refractivity contribution in [1.82, 2.24) is 29.6 Å². The number of rotatable bonds is 2. The third-order valence-corrected chi connectivity index (χ3v) is 5.40. The molecule has 1 atom stereocenters. The summed E-state index contributed by atoms with van der Waals surface area (Å²) in [6.07, 6.45) is 1.94. The summed E-state index contributed by atoms with van der Waals surface area (Å²) in [5.41, 5.74) is 6.15. The van der Waals surface area contributed by atoms with E-state index in [1.807, 2.05) is 19.1 Å². The van der Waals surface area contributed by atoms with Crippen molar-refractivity contribution >= 4 is 17.4 Å². The number of carbonyl (C=O) groups is 1. The van der Waals surface area contributed by atoms with Crippen LogP contribution in [0.4, 0.5) is 5.82 Å². The SMILES string of the molecule is Cc1ccc([C@@H]2CC(=O)Nc3c2c(C)nn3-c2ccc3nncn3n2)cc1C. The molecule has 8 heteroatoms. The Bertz CT molecular complexity index is 1240. The van der Waals surface area contributed by atoms with Gasteiger partial charge < -0.3 is 5.32 Å². The lowest BCUT2D eigenvalue weighted by Crippen LogP contribution is -2.25. The van der Waals surface area contributed by atoms with Gasteiger partial charge in [0.1, 0.15) is 12.1 Å². The molecule has 1 aliphatic rings. The highest BCUT2D eigenvalue weighted by molar-refractivity contribution is 5.95. The van der Waals surface area contributed by atoms with Gasteiger partial charge in [-0.25, -0.2) is 0 Å². The van der Waals surface area contributed by atoms with Crippen LogP contribution in [-0.4, -0.2) is 35.5 Å². The first-order valence-electron chi connectivity index (χ1n) is 9.15. The van der Waals surface area contributed by atoms with Crippen molar-refractivity contribution in [2.45, 2.75) is 33.1 Å². The fraction of sp³-hybridized carbons (Fsp3) is 0.250. The summed E-state index contributed by atoms with van der Waals surface area (Å²) in [6, 6.07) is 10.0. The highest BCUT2D eigenvalue weighted by Crippen LogP contribution is 2.40. The maximum absolute atomic E-state index is 12.5. The van der Waals surface area contributed by atoms with E-state index in [2.05, 4.69) is 57.8 Å². The number of hydrogen-bond donors (Lipinski definition) is 1. The summed E-state index contributed by atoms with van der Waals surface area (Å²) in [5, 5.41) is 20.0. The molecule has 5 rings (SSSR count). The van der Waals surface area contributed by atoms with E-state index in [0.717, 1.165) is 16.8 Å². The van der Waals surface area contributed by atoms with Crippen molar-refractivity contribution in [3.8, 4) is 5.82 Å². The maximum atomic E-state index is 12.5. The van der Waals surface area contributed by atoms with Crippen LogP contribution in [0.5, 0.6) is 0 Å². The first kappa shape index (κ1) is 16.6. The van der Waals surface area contributed by atoms with Crippen molar-refractivity contribution in [1.29, 1.82) is 0 Å². The molecule has 0 unspecified atom stereocenters. The first-order chi connectivity index (χ1) is 13.5. The van der Waals surface area contributed by atoms with Crippen LogP contribution in [0.15, 0.2) is 36.7 Å². The summed E-state index contributed by atoms with van der Waals surface area (Å²) in [6.45, 7) is 6.16. The predicted octanol–water partition coefficient (Wildman–Crippen LogP) is 2.71. The molecular weight excluding hydrogens is 354 g/mol. The van der Waals surface area contributed by atoms with Crippen molar-refractivity contribution in [2.75, 3.05) is 5.32 Å². The molecule has 28 heavy (non-hydrogen) atoms. The number of nitrogens with zero attached hydrogens (tertiary/aromatic N) is 6. The van der Waals surface area contributed by atoms with Gasteiger partial charge in [0, 0.05) is 17.9 Å². The number of anilines is 1. The molecule has 0 bridgehead atoms. The van der Waals surface area contributed by atoms with E-state index in [4.69, 9.17) is 0 Å². The first-order valence-corrected chi connectivity index (χ1v) is 9.15. The van der Waals surface area contributed by atoms with E-state index in [0.29, 0.717) is 23.7 Å². The zero-order valence-corrected chi connectivity index (χ0v) is 15.8. The van der Waals surface area contributed by atoms with E-state index in [-0.39, 0.29) is 11.8 Å². The van der Waals surface area contributed by atoms with E-state index in [1.54, 1.807) is 9.20 Å². The summed E-state index contributed by atoms with van der Waals surface area (Å²) >= 11 is 0. The van der Waals surface area contributed by atoms with Crippen LogP contribution in [0.25, 0.3) is 11.5 Å². The smallest absolute Gasteiger partial charge is 0.226 e. The lowest BCUT2D eigenvalue weighted by atomic mass is 9.84. The van der Waals surface area contributed by atoms with Crippen molar-refractivity contribution < 1.29 is 4.79 Å². The van der Waals surface area contributed by atoms with Gasteiger partial charge in [-0.05, 0) is 49.6 Å². The molecule has 0 fully saturated rings. The Morgan fingerprint density at radius 3 is 2.75 bits per heavy atom. The molecule has 0 saturated heterocycles. The molecule has 8 nitrogen and oxygen atoms in total. The molecular formula is C20H19N7O. The Morgan fingerprint density at radius 2 is 1.93 bits per heavy atom. The van der Waals surface area contributed by atoms with Gasteiger partial charge in [-0.2, -0.15) is 14.3 Å². The molecule has 140 valence electrons. The second-order valence-corrected chi connectivity index (χ2v) is 7.23. The van der Waals surface area contributed by atoms with Gasteiger partial charge in [-0.1, -0.05) is 18.2 Å². The van der Waals surface area contributed by atoms with Gasteiger partial charge in [-0.3, -0.25) is 4.79 Å². The lowest BCUT2D eigenvalue weighted by Gasteiger charge is -2.24. The largest absolute Gasteiger partial charge is 0.310 e. The zero-order chi connectivity index (χ0) is 19.4. The number of benzene rings is 1. The Morgan fingerprint density at radius 1 is 1.07 bits per heavy atom. The standard InChI is InChI=1S/C20H19N7O/c1-11-4-5-14(8-12(11)2)15-9-18(28)22-20-19(15)13(3)24-27(20)17-7-6-16-23-21-10-26(16)25-17/h4-8,10,15H,9H2,1-3H3,(H,22,28)/t15-/m0/s1. The second kappa shape index (κ2) is 5.98. The minimum absolute atomic E-state index is 0.0257. The highest BCUT2D eigenvalue weighted by Gasteiger charge is 2.33. The Kier molecular flexibility index (Phi) is 3.55. The number of fused-ring (bicyclic) bond motifs is 2. The third-order valence-electron chi connectivity index (χ3n) is 5.40. The van der Waals surface area contributed by atoms with E-state index >= 15 is 0 Å². The van der Waals surface area contributed by atoms with Crippen LogP contribution in [0.3, 0.4) is 0 Å². The summed E-state index contributed by atoms with van der Waals surface area (Å²) in [4.78, 5) is 12.5. The predicted molar refractivity (Wildman–Crippen MR) is 104 cm³/mol. The Hall–Kier alpha value is -3.55. The van der Waals surface area contributed by atoms with Crippen LogP contribution in [0, 0.1) is 20.8 Å². The molecule has 0 saturated carbocycles. The van der Waals surface area contributed by atoms with Gasteiger partial charge in [0.15, 0.2) is 11.5 Å². The molecule has 4 heterocycles. The number of carbonyl (C=O) groups excluding carboxylic acids is 1. The summed E-state index contributed by atoms with van der Waals surface area (Å²) in [7, 11) is 0.